The largest absolute Gasteiger partial charge is 0.474 e. The molecule has 158 valence electrons. The Morgan fingerprint density at radius 2 is 1.80 bits per heavy atom. The van der Waals surface area contributed by atoms with Crippen molar-refractivity contribution in [3.05, 3.63) is 70.5 Å². The molecule has 1 aromatic heterocycles. The molecule has 0 aliphatic heterocycles. The summed E-state index contributed by atoms with van der Waals surface area (Å²) in [5.74, 6) is -0.904. The summed E-state index contributed by atoms with van der Waals surface area (Å²) in [7, 11) is 0. The van der Waals surface area contributed by atoms with Crippen molar-refractivity contribution in [2.75, 3.05) is 0 Å². The number of aryl methyl sites for hydroxylation is 1. The third-order valence-electron chi connectivity index (χ3n) is 4.48. The van der Waals surface area contributed by atoms with Crippen LogP contribution in [0.15, 0.2) is 42.5 Å². The van der Waals surface area contributed by atoms with Crippen molar-refractivity contribution >= 4 is 16.8 Å². The number of alkyl halides is 3. The van der Waals surface area contributed by atoms with E-state index in [1.807, 2.05) is 0 Å². The molecule has 1 heterocycles. The van der Waals surface area contributed by atoms with Gasteiger partial charge in [0.25, 0.3) is 5.91 Å². The van der Waals surface area contributed by atoms with E-state index in [0.29, 0.717) is 16.5 Å². The summed E-state index contributed by atoms with van der Waals surface area (Å²) in [4.78, 5) is 17.1. The van der Waals surface area contributed by atoms with E-state index in [4.69, 9.17) is 4.74 Å². The zero-order valence-electron chi connectivity index (χ0n) is 16.6. The maximum atomic E-state index is 13.1. The third kappa shape index (κ3) is 4.69. The Labute approximate surface area is 170 Å². The van der Waals surface area contributed by atoms with Gasteiger partial charge in [0.1, 0.15) is 11.4 Å². The predicted molar refractivity (Wildman–Crippen MR) is 105 cm³/mol. The van der Waals surface area contributed by atoms with Gasteiger partial charge in [-0.1, -0.05) is 18.2 Å². The van der Waals surface area contributed by atoms with Gasteiger partial charge in [-0.25, -0.2) is 9.37 Å². The molecule has 30 heavy (non-hydrogen) atoms. The number of pyridine rings is 1. The molecule has 0 radical (unpaired) electrons. The van der Waals surface area contributed by atoms with Gasteiger partial charge in [-0.15, -0.1) is 0 Å². The Morgan fingerprint density at radius 3 is 2.40 bits per heavy atom. The van der Waals surface area contributed by atoms with Gasteiger partial charge in [0.15, 0.2) is 0 Å². The number of carbonyl (C=O) groups excluding carboxylic acids is 1. The molecule has 0 saturated carbocycles. The SMILES string of the molecule is Cc1c(C(=O)NCc2ccc(F)cc2)c(OC(C)C)nc2cc(C(F)(F)F)ccc12. The van der Waals surface area contributed by atoms with E-state index < -0.39 is 17.6 Å². The van der Waals surface area contributed by atoms with E-state index in [1.54, 1.807) is 32.9 Å². The van der Waals surface area contributed by atoms with Gasteiger partial charge >= 0.3 is 6.18 Å². The van der Waals surface area contributed by atoms with Gasteiger partial charge in [-0.3, -0.25) is 4.79 Å². The highest BCUT2D eigenvalue weighted by Crippen LogP contribution is 2.34. The van der Waals surface area contributed by atoms with Crippen molar-refractivity contribution in [3.8, 4) is 5.88 Å². The number of nitrogens with zero attached hydrogens (tertiary/aromatic N) is 1. The van der Waals surface area contributed by atoms with E-state index >= 15 is 0 Å². The zero-order chi connectivity index (χ0) is 22.1. The smallest absolute Gasteiger partial charge is 0.416 e. The summed E-state index contributed by atoms with van der Waals surface area (Å²) >= 11 is 0. The molecule has 0 bridgehead atoms. The first-order valence-electron chi connectivity index (χ1n) is 9.27. The van der Waals surface area contributed by atoms with Gasteiger partial charge in [0.2, 0.25) is 5.88 Å². The Morgan fingerprint density at radius 1 is 1.13 bits per heavy atom. The Kier molecular flexibility index (Phi) is 5.96. The number of aromatic nitrogens is 1. The maximum Gasteiger partial charge on any atom is 0.416 e. The zero-order valence-corrected chi connectivity index (χ0v) is 16.6. The van der Waals surface area contributed by atoms with Crippen LogP contribution in [0.2, 0.25) is 0 Å². The van der Waals surface area contributed by atoms with Crippen LogP contribution in [0, 0.1) is 12.7 Å². The summed E-state index contributed by atoms with van der Waals surface area (Å²) < 4.78 is 57.9. The van der Waals surface area contributed by atoms with E-state index in [1.165, 1.54) is 18.2 Å². The fourth-order valence-corrected chi connectivity index (χ4v) is 3.03. The van der Waals surface area contributed by atoms with Crippen molar-refractivity contribution in [1.82, 2.24) is 10.3 Å². The van der Waals surface area contributed by atoms with Crippen LogP contribution in [0.25, 0.3) is 10.9 Å². The van der Waals surface area contributed by atoms with Gasteiger partial charge in [0, 0.05) is 11.9 Å². The van der Waals surface area contributed by atoms with Crippen LogP contribution in [0.4, 0.5) is 17.6 Å². The second-order valence-electron chi connectivity index (χ2n) is 7.12. The number of carbonyl (C=O) groups is 1. The lowest BCUT2D eigenvalue weighted by atomic mass is 10.0. The molecule has 0 atom stereocenters. The summed E-state index contributed by atoms with van der Waals surface area (Å²) in [5.41, 5.74) is 0.565. The summed E-state index contributed by atoms with van der Waals surface area (Å²) in [6.45, 7) is 5.24. The average molecular weight is 420 g/mol. The monoisotopic (exact) mass is 420 g/mol. The number of fused-ring (bicyclic) bond motifs is 1. The molecular formula is C22H20F4N2O2. The van der Waals surface area contributed by atoms with Crippen molar-refractivity contribution in [2.45, 2.75) is 39.6 Å². The minimum absolute atomic E-state index is 0.0362. The van der Waals surface area contributed by atoms with Crippen LogP contribution in [-0.2, 0) is 12.7 Å². The third-order valence-corrected chi connectivity index (χ3v) is 4.48. The summed E-state index contributed by atoms with van der Waals surface area (Å²) in [5, 5.41) is 3.15. The molecule has 0 aliphatic carbocycles. The number of hydrogen-bond acceptors (Lipinski definition) is 3. The molecule has 0 saturated heterocycles. The highest BCUT2D eigenvalue weighted by Gasteiger charge is 2.31. The number of ether oxygens (including phenoxy) is 1. The van der Waals surface area contributed by atoms with Gasteiger partial charge in [-0.2, -0.15) is 13.2 Å². The maximum absolute atomic E-state index is 13.1. The molecule has 0 aliphatic rings. The predicted octanol–water partition coefficient (Wildman–Crippen LogP) is 5.42. The molecule has 1 N–H and O–H groups in total. The molecular weight excluding hydrogens is 400 g/mol. The van der Waals surface area contributed by atoms with Crippen molar-refractivity contribution < 1.29 is 27.1 Å². The number of amides is 1. The standard InChI is InChI=1S/C22H20F4N2O2/c1-12(2)30-21-19(20(29)27-11-14-4-7-16(23)8-5-14)13(3)17-9-6-15(22(24,25)26)10-18(17)28-21/h4-10,12H,11H2,1-3H3,(H,27,29). The van der Waals surface area contributed by atoms with Crippen LogP contribution in [0.1, 0.15) is 40.9 Å². The van der Waals surface area contributed by atoms with Gasteiger partial charge < -0.3 is 10.1 Å². The topological polar surface area (TPSA) is 51.2 Å². The van der Waals surface area contributed by atoms with Crippen molar-refractivity contribution in [1.29, 1.82) is 0 Å². The minimum atomic E-state index is -4.51. The van der Waals surface area contributed by atoms with Crippen LogP contribution >= 0.6 is 0 Å². The quantitative estimate of drug-likeness (QED) is 0.561. The fraction of sp³-hybridized carbons (Fsp3) is 0.273. The highest BCUT2D eigenvalue weighted by molar-refractivity contribution is 6.02. The lowest BCUT2D eigenvalue weighted by molar-refractivity contribution is -0.137. The normalized spacial score (nSPS) is 11.7. The first-order valence-corrected chi connectivity index (χ1v) is 9.27. The molecule has 0 unspecified atom stereocenters. The Balaban J connectivity index is 2.01. The molecule has 4 nitrogen and oxygen atoms in total. The molecule has 0 fully saturated rings. The van der Waals surface area contributed by atoms with Crippen molar-refractivity contribution in [3.63, 3.8) is 0 Å². The second kappa shape index (κ2) is 8.30. The fourth-order valence-electron chi connectivity index (χ4n) is 3.03. The summed E-state index contributed by atoms with van der Waals surface area (Å²) in [6.07, 6.45) is -4.85. The first-order chi connectivity index (χ1) is 14.1. The number of benzene rings is 2. The second-order valence-corrected chi connectivity index (χ2v) is 7.12. The minimum Gasteiger partial charge on any atom is -0.474 e. The lowest BCUT2D eigenvalue weighted by Gasteiger charge is -2.18. The Hall–Kier alpha value is -3.16. The van der Waals surface area contributed by atoms with Crippen LogP contribution < -0.4 is 10.1 Å². The lowest BCUT2D eigenvalue weighted by Crippen LogP contribution is -2.25. The van der Waals surface area contributed by atoms with E-state index in [9.17, 15) is 22.4 Å². The molecule has 8 heteroatoms. The number of rotatable bonds is 5. The molecule has 2 aromatic carbocycles. The van der Waals surface area contributed by atoms with Crippen LogP contribution in [0.5, 0.6) is 5.88 Å². The van der Waals surface area contributed by atoms with E-state index in [2.05, 4.69) is 10.3 Å². The molecule has 3 rings (SSSR count). The Bertz CT molecular complexity index is 1080. The van der Waals surface area contributed by atoms with Crippen LogP contribution in [-0.4, -0.2) is 17.0 Å². The average Bonchev–Trinajstić information content (AvgIpc) is 2.66. The highest BCUT2D eigenvalue weighted by atomic mass is 19.4. The number of halogens is 4. The van der Waals surface area contributed by atoms with Crippen LogP contribution in [0.3, 0.4) is 0 Å². The molecule has 0 spiro atoms. The van der Waals surface area contributed by atoms with Gasteiger partial charge in [-0.05, 0) is 56.2 Å². The van der Waals surface area contributed by atoms with E-state index in [0.717, 1.165) is 12.1 Å². The van der Waals surface area contributed by atoms with E-state index in [-0.39, 0.29) is 35.4 Å². The first kappa shape index (κ1) is 21.5. The number of nitrogens with one attached hydrogen (secondary N) is 1. The number of hydrogen-bond donors (Lipinski definition) is 1. The van der Waals surface area contributed by atoms with Gasteiger partial charge in [0.05, 0.1) is 17.2 Å². The van der Waals surface area contributed by atoms with Crippen molar-refractivity contribution in [2.24, 2.45) is 0 Å². The summed E-state index contributed by atoms with van der Waals surface area (Å²) in [6, 6.07) is 8.87. The molecule has 3 aromatic rings. The molecule has 1 amide bonds.